The van der Waals surface area contributed by atoms with Crippen LogP contribution in [0.25, 0.3) is 0 Å². The van der Waals surface area contributed by atoms with Gasteiger partial charge in [-0.1, -0.05) is 12.1 Å². The van der Waals surface area contributed by atoms with Crippen LogP contribution in [0.4, 0.5) is 8.78 Å². The molecular formula is C13H11F2NO. The predicted octanol–water partition coefficient (Wildman–Crippen LogP) is 4.12. The van der Waals surface area contributed by atoms with Crippen molar-refractivity contribution in [1.82, 2.24) is 4.98 Å². The molecule has 0 saturated heterocycles. The number of halogens is 2. The molecule has 0 unspecified atom stereocenters. The van der Waals surface area contributed by atoms with E-state index in [4.69, 9.17) is 4.74 Å². The fourth-order valence-electron chi connectivity index (χ4n) is 1.45. The van der Waals surface area contributed by atoms with E-state index in [1.165, 1.54) is 18.3 Å². The van der Waals surface area contributed by atoms with Crippen molar-refractivity contribution in [3.63, 3.8) is 0 Å². The monoisotopic (exact) mass is 235 g/mol. The molecule has 1 aromatic heterocycles. The van der Waals surface area contributed by atoms with Gasteiger partial charge < -0.3 is 4.74 Å². The summed E-state index contributed by atoms with van der Waals surface area (Å²) in [6, 6.07) is 9.95. The lowest BCUT2D eigenvalue weighted by Gasteiger charge is -2.09. The lowest BCUT2D eigenvalue weighted by atomic mass is 10.2. The molecule has 4 heteroatoms. The third-order valence-electron chi connectivity index (χ3n) is 2.24. The molecule has 0 aliphatic heterocycles. The van der Waals surface area contributed by atoms with Crippen molar-refractivity contribution in [3.05, 3.63) is 53.7 Å². The lowest BCUT2D eigenvalue weighted by molar-refractivity contribution is 0.147. The van der Waals surface area contributed by atoms with E-state index in [2.05, 4.69) is 4.98 Å². The van der Waals surface area contributed by atoms with Crippen LogP contribution in [0.5, 0.6) is 11.6 Å². The first kappa shape index (κ1) is 11.5. The van der Waals surface area contributed by atoms with E-state index in [0.717, 1.165) is 5.56 Å². The highest BCUT2D eigenvalue weighted by atomic mass is 19.3. The largest absolute Gasteiger partial charge is 0.439 e. The van der Waals surface area contributed by atoms with E-state index in [1.807, 2.05) is 13.0 Å². The number of pyridine rings is 1. The van der Waals surface area contributed by atoms with Crippen molar-refractivity contribution in [1.29, 1.82) is 0 Å². The van der Waals surface area contributed by atoms with Crippen molar-refractivity contribution in [2.45, 2.75) is 13.3 Å². The Hall–Kier alpha value is -1.97. The van der Waals surface area contributed by atoms with Gasteiger partial charge in [0.05, 0.1) is 5.56 Å². The van der Waals surface area contributed by atoms with Gasteiger partial charge in [-0.3, -0.25) is 0 Å². The Bertz CT molecular complexity index is 514. The normalized spacial score (nSPS) is 10.6. The first-order chi connectivity index (χ1) is 8.16. The number of rotatable bonds is 3. The van der Waals surface area contributed by atoms with Gasteiger partial charge in [-0.05, 0) is 36.8 Å². The zero-order valence-corrected chi connectivity index (χ0v) is 9.23. The summed E-state index contributed by atoms with van der Waals surface area (Å²) in [5.41, 5.74) is 0.797. The fraction of sp³-hybridized carbons (Fsp3) is 0.154. The summed E-state index contributed by atoms with van der Waals surface area (Å²) in [6.45, 7) is 1.90. The molecule has 2 nitrogen and oxygen atoms in total. The number of hydrogen-bond acceptors (Lipinski definition) is 2. The minimum absolute atomic E-state index is 0.0481. The van der Waals surface area contributed by atoms with Crippen molar-refractivity contribution < 1.29 is 13.5 Å². The Morgan fingerprint density at radius 2 is 2.00 bits per heavy atom. The van der Waals surface area contributed by atoms with E-state index in [0.29, 0.717) is 5.75 Å². The van der Waals surface area contributed by atoms with Crippen LogP contribution in [-0.2, 0) is 0 Å². The van der Waals surface area contributed by atoms with E-state index in [1.54, 1.807) is 18.2 Å². The number of aromatic nitrogens is 1. The van der Waals surface area contributed by atoms with Crippen LogP contribution in [0.15, 0.2) is 42.6 Å². The third kappa shape index (κ3) is 2.78. The van der Waals surface area contributed by atoms with Crippen LogP contribution in [-0.4, -0.2) is 4.98 Å². The van der Waals surface area contributed by atoms with E-state index < -0.39 is 6.43 Å². The first-order valence-corrected chi connectivity index (χ1v) is 5.14. The molecule has 0 saturated carbocycles. The summed E-state index contributed by atoms with van der Waals surface area (Å²) >= 11 is 0. The standard InChI is InChI=1S/C13H11F2NO/c1-9-4-2-5-10(8-9)17-13-11(12(14)15)6-3-7-16-13/h2-8,12H,1H3. The molecular weight excluding hydrogens is 224 g/mol. The quantitative estimate of drug-likeness (QED) is 0.798. The van der Waals surface area contributed by atoms with Gasteiger partial charge >= 0.3 is 0 Å². The predicted molar refractivity (Wildman–Crippen MR) is 60.4 cm³/mol. The highest BCUT2D eigenvalue weighted by Gasteiger charge is 2.15. The fourth-order valence-corrected chi connectivity index (χ4v) is 1.45. The van der Waals surface area contributed by atoms with Crippen LogP contribution < -0.4 is 4.74 Å². The van der Waals surface area contributed by atoms with Gasteiger partial charge in [0, 0.05) is 6.20 Å². The summed E-state index contributed by atoms with van der Waals surface area (Å²) in [5.74, 6) is 0.457. The number of aryl methyl sites for hydroxylation is 1. The summed E-state index contributed by atoms with van der Waals surface area (Å²) in [5, 5.41) is 0. The average Bonchev–Trinajstić information content (AvgIpc) is 2.29. The maximum absolute atomic E-state index is 12.7. The smallest absolute Gasteiger partial charge is 0.269 e. The minimum atomic E-state index is -2.59. The van der Waals surface area contributed by atoms with Crippen LogP contribution in [0, 0.1) is 6.92 Å². The molecule has 0 aliphatic rings. The van der Waals surface area contributed by atoms with Crippen molar-refractivity contribution in [2.75, 3.05) is 0 Å². The second-order valence-corrected chi connectivity index (χ2v) is 3.62. The summed E-state index contributed by atoms with van der Waals surface area (Å²) < 4.78 is 30.7. The zero-order chi connectivity index (χ0) is 12.3. The lowest BCUT2D eigenvalue weighted by Crippen LogP contribution is -1.94. The maximum Gasteiger partial charge on any atom is 0.269 e. The van der Waals surface area contributed by atoms with Crippen LogP contribution >= 0.6 is 0 Å². The number of alkyl halides is 2. The molecule has 0 amide bonds. The van der Waals surface area contributed by atoms with Crippen molar-refractivity contribution in [3.8, 4) is 11.6 Å². The molecule has 0 spiro atoms. The van der Waals surface area contributed by atoms with Gasteiger partial charge in [-0.15, -0.1) is 0 Å². The minimum Gasteiger partial charge on any atom is -0.439 e. The van der Waals surface area contributed by atoms with Crippen LogP contribution in [0.2, 0.25) is 0 Å². The first-order valence-electron chi connectivity index (χ1n) is 5.14. The topological polar surface area (TPSA) is 22.1 Å². The Balaban J connectivity index is 2.30. The number of ether oxygens (including phenoxy) is 1. The van der Waals surface area contributed by atoms with Gasteiger partial charge in [-0.25, -0.2) is 13.8 Å². The molecule has 0 radical (unpaired) electrons. The highest BCUT2D eigenvalue weighted by Crippen LogP contribution is 2.30. The van der Waals surface area contributed by atoms with Gasteiger partial charge in [0.25, 0.3) is 6.43 Å². The van der Waals surface area contributed by atoms with Gasteiger partial charge in [0.1, 0.15) is 5.75 Å². The summed E-state index contributed by atoms with van der Waals surface area (Å²) in [4.78, 5) is 3.82. The summed E-state index contributed by atoms with van der Waals surface area (Å²) in [6.07, 6.45) is -1.17. The van der Waals surface area contributed by atoms with Crippen molar-refractivity contribution in [2.24, 2.45) is 0 Å². The van der Waals surface area contributed by atoms with E-state index in [9.17, 15) is 8.78 Å². The zero-order valence-electron chi connectivity index (χ0n) is 9.23. The molecule has 1 heterocycles. The molecule has 2 aromatic rings. The second kappa shape index (κ2) is 4.91. The molecule has 2 rings (SSSR count). The van der Waals surface area contributed by atoms with Gasteiger partial charge in [-0.2, -0.15) is 0 Å². The molecule has 17 heavy (non-hydrogen) atoms. The number of benzene rings is 1. The Kier molecular flexibility index (Phi) is 3.32. The Labute approximate surface area is 97.9 Å². The molecule has 0 bridgehead atoms. The maximum atomic E-state index is 12.7. The van der Waals surface area contributed by atoms with E-state index in [-0.39, 0.29) is 11.4 Å². The Morgan fingerprint density at radius 3 is 2.71 bits per heavy atom. The van der Waals surface area contributed by atoms with Gasteiger partial charge in [0.2, 0.25) is 5.88 Å². The number of nitrogens with zero attached hydrogens (tertiary/aromatic N) is 1. The highest BCUT2D eigenvalue weighted by molar-refractivity contribution is 5.34. The van der Waals surface area contributed by atoms with Crippen molar-refractivity contribution >= 4 is 0 Å². The third-order valence-corrected chi connectivity index (χ3v) is 2.24. The summed E-state index contributed by atoms with van der Waals surface area (Å²) in [7, 11) is 0. The molecule has 0 atom stereocenters. The van der Waals surface area contributed by atoms with Crippen LogP contribution in [0.1, 0.15) is 17.6 Å². The molecule has 0 N–H and O–H groups in total. The Morgan fingerprint density at radius 1 is 1.18 bits per heavy atom. The molecule has 0 aliphatic carbocycles. The van der Waals surface area contributed by atoms with Crippen LogP contribution in [0.3, 0.4) is 0 Å². The van der Waals surface area contributed by atoms with E-state index >= 15 is 0 Å². The molecule has 0 fully saturated rings. The molecule has 1 aromatic carbocycles. The number of hydrogen-bond donors (Lipinski definition) is 0. The second-order valence-electron chi connectivity index (χ2n) is 3.62. The van der Waals surface area contributed by atoms with Gasteiger partial charge in [0.15, 0.2) is 0 Å². The molecule has 88 valence electrons. The average molecular weight is 235 g/mol. The SMILES string of the molecule is Cc1cccc(Oc2ncccc2C(F)F)c1.